The molecule has 6 nitrogen and oxygen atoms in total. The lowest BCUT2D eigenvalue weighted by atomic mass is 9.99. The highest BCUT2D eigenvalue weighted by molar-refractivity contribution is 6.30. The summed E-state index contributed by atoms with van der Waals surface area (Å²) in [7, 11) is 1.41. The first-order valence-corrected chi connectivity index (χ1v) is 7.88. The van der Waals surface area contributed by atoms with Crippen LogP contribution in [0.2, 0.25) is 5.02 Å². The van der Waals surface area contributed by atoms with Crippen molar-refractivity contribution in [3.05, 3.63) is 40.9 Å². The van der Waals surface area contributed by atoms with Gasteiger partial charge in [-0.25, -0.2) is 0 Å². The Morgan fingerprint density at radius 2 is 2.26 bits per heavy atom. The Bertz CT molecular complexity index is 716. The van der Waals surface area contributed by atoms with Crippen LogP contribution in [0.5, 0.6) is 5.75 Å². The molecule has 2 heterocycles. The molecular formula is C16H18ClN3O3. The fourth-order valence-corrected chi connectivity index (χ4v) is 2.99. The van der Waals surface area contributed by atoms with Gasteiger partial charge >= 0.3 is 5.97 Å². The van der Waals surface area contributed by atoms with Crippen LogP contribution in [0, 0.1) is 5.92 Å². The van der Waals surface area contributed by atoms with Gasteiger partial charge in [0.25, 0.3) is 0 Å². The number of aryl methyl sites for hydroxylation is 1. The molecule has 1 aliphatic rings. The molecule has 0 N–H and O–H groups in total. The van der Waals surface area contributed by atoms with Crippen LogP contribution in [0.3, 0.4) is 0 Å². The lowest BCUT2D eigenvalue weighted by Gasteiger charge is -2.24. The molecule has 1 aliphatic heterocycles. The number of benzene rings is 1. The average molecular weight is 336 g/mol. The summed E-state index contributed by atoms with van der Waals surface area (Å²) < 4.78 is 12.7. The van der Waals surface area contributed by atoms with Crippen LogP contribution in [0.15, 0.2) is 24.3 Å². The molecule has 7 heteroatoms. The van der Waals surface area contributed by atoms with E-state index >= 15 is 0 Å². The lowest BCUT2D eigenvalue weighted by Crippen LogP contribution is -2.29. The third kappa shape index (κ3) is 3.32. The van der Waals surface area contributed by atoms with Gasteiger partial charge in [-0.05, 0) is 31.5 Å². The molecule has 0 saturated carbocycles. The minimum Gasteiger partial charge on any atom is -0.483 e. The highest BCUT2D eigenvalue weighted by Crippen LogP contribution is 2.27. The summed E-state index contributed by atoms with van der Waals surface area (Å²) in [4.78, 5) is 11.8. The maximum Gasteiger partial charge on any atom is 0.310 e. The van der Waals surface area contributed by atoms with Crippen LogP contribution < -0.4 is 4.74 Å². The molecule has 2 aromatic rings. The Morgan fingerprint density at radius 1 is 1.43 bits per heavy atom. The molecule has 0 radical (unpaired) electrons. The van der Waals surface area contributed by atoms with E-state index in [1.165, 1.54) is 7.11 Å². The summed E-state index contributed by atoms with van der Waals surface area (Å²) in [6.45, 7) is 2.42. The maximum absolute atomic E-state index is 11.8. The third-order valence-electron chi connectivity index (χ3n) is 3.98. The van der Waals surface area contributed by atoms with Crippen molar-refractivity contribution < 1.29 is 14.3 Å². The number of nitrogens with zero attached hydrogens (tertiary/aromatic N) is 3. The molecule has 2 unspecified atom stereocenters. The van der Waals surface area contributed by atoms with Gasteiger partial charge in [0.2, 0.25) is 0 Å². The Morgan fingerprint density at radius 3 is 3.00 bits per heavy atom. The van der Waals surface area contributed by atoms with Gasteiger partial charge in [-0.15, -0.1) is 10.2 Å². The average Bonchev–Trinajstić information content (AvgIpc) is 2.97. The van der Waals surface area contributed by atoms with Crippen molar-refractivity contribution in [3.63, 3.8) is 0 Å². The Balaban J connectivity index is 1.79. The summed E-state index contributed by atoms with van der Waals surface area (Å²) in [5, 5.41) is 9.06. The van der Waals surface area contributed by atoms with E-state index < -0.39 is 0 Å². The van der Waals surface area contributed by atoms with Crippen molar-refractivity contribution in [2.24, 2.45) is 5.92 Å². The minimum absolute atomic E-state index is 0.166. The molecule has 0 saturated heterocycles. The third-order valence-corrected chi connectivity index (χ3v) is 4.22. The zero-order valence-electron chi connectivity index (χ0n) is 13.0. The number of aromatic nitrogens is 3. The van der Waals surface area contributed by atoms with Gasteiger partial charge in [0.05, 0.1) is 13.0 Å². The van der Waals surface area contributed by atoms with E-state index in [-0.39, 0.29) is 18.0 Å². The quantitative estimate of drug-likeness (QED) is 0.804. The second kappa shape index (κ2) is 6.58. The SMILES string of the molecule is COC(=O)C1CCc2nnc(C(C)Oc3cccc(Cl)c3)n2C1. The van der Waals surface area contributed by atoms with Crippen molar-refractivity contribution in [1.29, 1.82) is 0 Å². The highest BCUT2D eigenvalue weighted by Gasteiger charge is 2.30. The number of ether oxygens (including phenoxy) is 2. The van der Waals surface area contributed by atoms with Crippen LogP contribution >= 0.6 is 11.6 Å². The fraction of sp³-hybridized carbons (Fsp3) is 0.438. The predicted octanol–water partition coefficient (Wildman–Crippen LogP) is 2.81. The number of hydrogen-bond donors (Lipinski definition) is 0. The van der Waals surface area contributed by atoms with Crippen LogP contribution in [0.1, 0.15) is 31.1 Å². The van der Waals surface area contributed by atoms with E-state index in [2.05, 4.69) is 10.2 Å². The van der Waals surface area contributed by atoms with Gasteiger partial charge in [0.15, 0.2) is 11.9 Å². The molecule has 0 amide bonds. The Kier molecular flexibility index (Phi) is 4.52. The van der Waals surface area contributed by atoms with E-state index in [9.17, 15) is 4.79 Å². The smallest absolute Gasteiger partial charge is 0.310 e. The fourth-order valence-electron chi connectivity index (χ4n) is 2.80. The molecule has 1 aromatic carbocycles. The number of carbonyl (C=O) groups excluding carboxylic acids is 1. The number of methoxy groups -OCH3 is 1. The first-order chi connectivity index (χ1) is 11.1. The van der Waals surface area contributed by atoms with E-state index in [1.54, 1.807) is 12.1 Å². The number of esters is 1. The second-order valence-corrected chi connectivity index (χ2v) is 6.00. The number of hydrogen-bond acceptors (Lipinski definition) is 5. The number of rotatable bonds is 4. The van der Waals surface area contributed by atoms with Crippen molar-refractivity contribution >= 4 is 17.6 Å². The minimum atomic E-state index is -0.300. The van der Waals surface area contributed by atoms with Crippen molar-refractivity contribution in [1.82, 2.24) is 14.8 Å². The number of carbonyl (C=O) groups is 1. The molecule has 0 spiro atoms. The van der Waals surface area contributed by atoms with E-state index in [0.29, 0.717) is 29.6 Å². The van der Waals surface area contributed by atoms with Gasteiger partial charge in [-0.1, -0.05) is 17.7 Å². The van der Waals surface area contributed by atoms with Crippen molar-refractivity contribution in [2.75, 3.05) is 7.11 Å². The van der Waals surface area contributed by atoms with Gasteiger partial charge in [-0.3, -0.25) is 4.79 Å². The van der Waals surface area contributed by atoms with Crippen LogP contribution in [0.4, 0.5) is 0 Å². The summed E-state index contributed by atoms with van der Waals surface area (Å²) >= 11 is 5.97. The van der Waals surface area contributed by atoms with Crippen molar-refractivity contribution in [3.8, 4) is 5.75 Å². The lowest BCUT2D eigenvalue weighted by molar-refractivity contribution is -0.146. The van der Waals surface area contributed by atoms with Crippen molar-refractivity contribution in [2.45, 2.75) is 32.4 Å². The largest absolute Gasteiger partial charge is 0.483 e. The van der Waals surface area contributed by atoms with Crippen LogP contribution in [-0.4, -0.2) is 27.8 Å². The first-order valence-electron chi connectivity index (χ1n) is 7.50. The molecule has 122 valence electrons. The van der Waals surface area contributed by atoms with Gasteiger partial charge in [0.1, 0.15) is 11.6 Å². The summed E-state index contributed by atoms with van der Waals surface area (Å²) in [6.07, 6.45) is 1.14. The molecule has 23 heavy (non-hydrogen) atoms. The molecule has 0 fully saturated rings. The molecule has 0 aliphatic carbocycles. The number of halogens is 1. The zero-order valence-corrected chi connectivity index (χ0v) is 13.8. The summed E-state index contributed by atoms with van der Waals surface area (Å²) in [5.74, 6) is 1.89. The topological polar surface area (TPSA) is 66.2 Å². The molecule has 2 atom stereocenters. The van der Waals surface area contributed by atoms with Gasteiger partial charge in [-0.2, -0.15) is 0 Å². The van der Waals surface area contributed by atoms with E-state index in [4.69, 9.17) is 21.1 Å². The van der Waals surface area contributed by atoms with Crippen LogP contribution in [0.25, 0.3) is 0 Å². The van der Waals surface area contributed by atoms with Gasteiger partial charge < -0.3 is 14.0 Å². The Labute approximate surface area is 139 Å². The zero-order chi connectivity index (χ0) is 16.4. The van der Waals surface area contributed by atoms with E-state index in [0.717, 1.165) is 12.2 Å². The van der Waals surface area contributed by atoms with E-state index in [1.807, 2.05) is 23.6 Å². The normalized spacial score (nSPS) is 18.1. The highest BCUT2D eigenvalue weighted by atomic mass is 35.5. The predicted molar refractivity (Wildman–Crippen MR) is 84.3 cm³/mol. The first kappa shape index (κ1) is 15.8. The number of fused-ring (bicyclic) bond motifs is 1. The summed E-state index contributed by atoms with van der Waals surface area (Å²) in [5.41, 5.74) is 0. The molecule has 3 rings (SSSR count). The Hall–Kier alpha value is -2.08. The van der Waals surface area contributed by atoms with Gasteiger partial charge in [0, 0.05) is 18.0 Å². The molecule has 0 bridgehead atoms. The molecular weight excluding hydrogens is 318 g/mol. The summed E-state index contributed by atoms with van der Waals surface area (Å²) in [6, 6.07) is 7.21. The standard InChI is InChI=1S/C16H18ClN3O3/c1-10(23-13-5-3-4-12(17)8-13)15-19-18-14-7-6-11(9-20(14)15)16(21)22-2/h3-5,8,10-11H,6-7,9H2,1-2H3. The second-order valence-electron chi connectivity index (χ2n) is 5.56. The van der Waals surface area contributed by atoms with Crippen LogP contribution in [-0.2, 0) is 22.5 Å². The molecule has 1 aromatic heterocycles. The monoisotopic (exact) mass is 335 g/mol. The maximum atomic E-state index is 11.8.